The van der Waals surface area contributed by atoms with Gasteiger partial charge in [0.05, 0.1) is 5.39 Å². The van der Waals surface area contributed by atoms with Gasteiger partial charge in [0, 0.05) is 25.6 Å². The Balaban J connectivity index is 1.93. The minimum atomic E-state index is 0.222. The molecule has 1 aliphatic rings. The van der Waals surface area contributed by atoms with E-state index in [4.69, 9.17) is 0 Å². The lowest BCUT2D eigenvalue weighted by Gasteiger charge is -2.25. The Hall–Kier alpha value is -1.21. The minimum absolute atomic E-state index is 0.222. The van der Waals surface area contributed by atoms with Crippen LogP contribution in [0.3, 0.4) is 0 Å². The van der Waals surface area contributed by atoms with E-state index in [-0.39, 0.29) is 18.6 Å². The van der Waals surface area contributed by atoms with Crippen molar-refractivity contribution < 1.29 is 5.11 Å². The zero-order valence-electron chi connectivity index (χ0n) is 12.1. The van der Waals surface area contributed by atoms with E-state index in [9.17, 15) is 5.11 Å². The van der Waals surface area contributed by atoms with Crippen LogP contribution in [0.1, 0.15) is 32.1 Å². The van der Waals surface area contributed by atoms with Crippen LogP contribution in [0.25, 0.3) is 11.0 Å². The van der Waals surface area contributed by atoms with E-state index in [1.807, 2.05) is 7.05 Å². The van der Waals surface area contributed by atoms with Gasteiger partial charge in [0.1, 0.15) is 16.7 Å². The average Bonchev–Trinajstić information content (AvgIpc) is 2.66. The SMILES string of the molecule is Cn1nc(Br)c2c(N[C@H]3CCCCC[C@@H]3CO)ncnc21. The molecule has 2 heterocycles. The Morgan fingerprint density at radius 2 is 2.14 bits per heavy atom. The first kappa shape index (κ1) is 14.7. The van der Waals surface area contributed by atoms with Crippen LogP contribution in [0.5, 0.6) is 0 Å². The van der Waals surface area contributed by atoms with Crippen LogP contribution in [0.4, 0.5) is 5.82 Å². The number of hydrogen-bond donors (Lipinski definition) is 2. The van der Waals surface area contributed by atoms with Gasteiger partial charge in [-0.15, -0.1) is 0 Å². The van der Waals surface area contributed by atoms with Crippen molar-refractivity contribution in [3.05, 3.63) is 10.9 Å². The van der Waals surface area contributed by atoms with Crippen molar-refractivity contribution in [2.45, 2.75) is 38.1 Å². The summed E-state index contributed by atoms with van der Waals surface area (Å²) in [5.41, 5.74) is 0.800. The number of halogens is 1. The van der Waals surface area contributed by atoms with Crippen LogP contribution in [-0.4, -0.2) is 37.5 Å². The summed E-state index contributed by atoms with van der Waals surface area (Å²) in [5, 5.41) is 18.4. The van der Waals surface area contributed by atoms with E-state index < -0.39 is 0 Å². The predicted molar refractivity (Wildman–Crippen MR) is 85.1 cm³/mol. The molecule has 0 radical (unpaired) electrons. The van der Waals surface area contributed by atoms with Gasteiger partial charge in [0.2, 0.25) is 0 Å². The highest BCUT2D eigenvalue weighted by Crippen LogP contribution is 2.30. The molecule has 2 aromatic heterocycles. The molecule has 7 heteroatoms. The molecule has 2 atom stereocenters. The molecule has 0 bridgehead atoms. The van der Waals surface area contributed by atoms with Gasteiger partial charge in [-0.2, -0.15) is 5.10 Å². The third kappa shape index (κ3) is 2.89. The van der Waals surface area contributed by atoms with Crippen LogP contribution in [0.2, 0.25) is 0 Å². The zero-order valence-corrected chi connectivity index (χ0v) is 13.7. The van der Waals surface area contributed by atoms with E-state index in [2.05, 4.69) is 36.3 Å². The second-order valence-electron chi connectivity index (χ2n) is 5.67. The van der Waals surface area contributed by atoms with Crippen molar-refractivity contribution >= 4 is 32.8 Å². The molecule has 21 heavy (non-hydrogen) atoms. The maximum atomic E-state index is 9.64. The Morgan fingerprint density at radius 3 is 2.95 bits per heavy atom. The van der Waals surface area contributed by atoms with E-state index in [1.54, 1.807) is 11.0 Å². The molecule has 2 N–H and O–H groups in total. The molecule has 0 spiro atoms. The van der Waals surface area contributed by atoms with Gasteiger partial charge < -0.3 is 10.4 Å². The Morgan fingerprint density at radius 1 is 1.33 bits per heavy atom. The standard InChI is InChI=1S/C14H20BrN5O/c1-20-14-11(12(15)19-20)13(16-8-17-14)18-10-6-4-2-3-5-9(10)7-21/h8-10,21H,2-7H2,1H3,(H,16,17,18)/t9-,10+/m1/s1. The first-order chi connectivity index (χ1) is 10.2. The van der Waals surface area contributed by atoms with Gasteiger partial charge >= 0.3 is 0 Å². The van der Waals surface area contributed by atoms with Crippen molar-refractivity contribution in [1.29, 1.82) is 0 Å². The van der Waals surface area contributed by atoms with E-state index in [0.717, 1.165) is 34.3 Å². The molecule has 0 amide bonds. The molecule has 0 saturated heterocycles. The molecule has 0 aliphatic heterocycles. The van der Waals surface area contributed by atoms with Crippen LogP contribution in [-0.2, 0) is 7.05 Å². The number of fused-ring (bicyclic) bond motifs is 1. The number of aliphatic hydroxyl groups is 1. The van der Waals surface area contributed by atoms with E-state index in [1.165, 1.54) is 19.3 Å². The molecule has 1 saturated carbocycles. The Kier molecular flexibility index (Phi) is 4.40. The highest BCUT2D eigenvalue weighted by molar-refractivity contribution is 9.10. The average molecular weight is 354 g/mol. The van der Waals surface area contributed by atoms with Gasteiger partial charge in [0.15, 0.2) is 5.65 Å². The van der Waals surface area contributed by atoms with Crippen LogP contribution < -0.4 is 5.32 Å². The normalized spacial score (nSPS) is 23.2. The Labute approximate surface area is 132 Å². The van der Waals surface area contributed by atoms with Crippen LogP contribution in [0, 0.1) is 5.92 Å². The number of hydrogen-bond acceptors (Lipinski definition) is 5. The number of rotatable bonds is 3. The number of anilines is 1. The maximum Gasteiger partial charge on any atom is 0.164 e. The largest absolute Gasteiger partial charge is 0.396 e. The van der Waals surface area contributed by atoms with Crippen LogP contribution >= 0.6 is 15.9 Å². The minimum Gasteiger partial charge on any atom is -0.396 e. The highest BCUT2D eigenvalue weighted by Gasteiger charge is 2.25. The molecular weight excluding hydrogens is 334 g/mol. The molecule has 1 aliphatic carbocycles. The summed E-state index contributed by atoms with van der Waals surface area (Å²) in [6.07, 6.45) is 7.31. The summed E-state index contributed by atoms with van der Waals surface area (Å²) in [5.74, 6) is 1.08. The molecule has 0 unspecified atom stereocenters. The fourth-order valence-electron chi connectivity index (χ4n) is 3.12. The maximum absolute atomic E-state index is 9.64. The molecule has 3 rings (SSSR count). The monoisotopic (exact) mass is 353 g/mol. The zero-order chi connectivity index (χ0) is 14.8. The second kappa shape index (κ2) is 6.27. The lowest BCUT2D eigenvalue weighted by atomic mass is 9.95. The number of aromatic nitrogens is 4. The summed E-state index contributed by atoms with van der Waals surface area (Å²) in [4.78, 5) is 8.67. The van der Waals surface area contributed by atoms with Crippen molar-refractivity contribution in [2.24, 2.45) is 13.0 Å². The predicted octanol–water partition coefficient (Wildman–Crippen LogP) is 2.48. The van der Waals surface area contributed by atoms with Gasteiger partial charge in [-0.1, -0.05) is 19.3 Å². The quantitative estimate of drug-likeness (QED) is 0.829. The molecule has 2 aromatic rings. The summed E-state index contributed by atoms with van der Waals surface area (Å²) in [6, 6.07) is 0.253. The summed E-state index contributed by atoms with van der Waals surface area (Å²) in [6.45, 7) is 0.222. The number of aliphatic hydroxyl groups excluding tert-OH is 1. The van der Waals surface area contributed by atoms with Crippen LogP contribution in [0.15, 0.2) is 10.9 Å². The van der Waals surface area contributed by atoms with Crippen molar-refractivity contribution in [3.63, 3.8) is 0 Å². The molecular formula is C14H20BrN5O. The molecule has 114 valence electrons. The van der Waals surface area contributed by atoms with Gasteiger partial charge in [-0.05, 0) is 28.8 Å². The molecule has 6 nitrogen and oxygen atoms in total. The lowest BCUT2D eigenvalue weighted by molar-refractivity contribution is 0.203. The number of aryl methyl sites for hydroxylation is 1. The molecule has 1 fully saturated rings. The second-order valence-corrected chi connectivity index (χ2v) is 6.42. The van der Waals surface area contributed by atoms with Gasteiger partial charge in [-0.25, -0.2) is 14.6 Å². The van der Waals surface area contributed by atoms with Gasteiger partial charge in [0.25, 0.3) is 0 Å². The summed E-state index contributed by atoms with van der Waals surface area (Å²) < 4.78 is 2.49. The smallest absolute Gasteiger partial charge is 0.164 e. The van der Waals surface area contributed by atoms with E-state index in [0.29, 0.717) is 0 Å². The van der Waals surface area contributed by atoms with Crippen molar-refractivity contribution in [2.75, 3.05) is 11.9 Å². The molecule has 0 aromatic carbocycles. The first-order valence-electron chi connectivity index (χ1n) is 7.41. The van der Waals surface area contributed by atoms with E-state index >= 15 is 0 Å². The summed E-state index contributed by atoms with van der Waals surface area (Å²) >= 11 is 3.48. The third-order valence-electron chi connectivity index (χ3n) is 4.29. The fourth-order valence-corrected chi connectivity index (χ4v) is 3.72. The lowest BCUT2D eigenvalue weighted by Crippen LogP contribution is -2.31. The topological polar surface area (TPSA) is 75.9 Å². The van der Waals surface area contributed by atoms with Crippen molar-refractivity contribution in [1.82, 2.24) is 19.7 Å². The highest BCUT2D eigenvalue weighted by atomic mass is 79.9. The number of nitrogens with one attached hydrogen (secondary N) is 1. The van der Waals surface area contributed by atoms with Gasteiger partial charge in [-0.3, -0.25) is 0 Å². The fraction of sp³-hybridized carbons (Fsp3) is 0.643. The first-order valence-corrected chi connectivity index (χ1v) is 8.20. The van der Waals surface area contributed by atoms with Crippen molar-refractivity contribution in [3.8, 4) is 0 Å². The Bertz CT molecular complexity index is 629. The summed E-state index contributed by atoms with van der Waals surface area (Å²) in [7, 11) is 1.87. The number of nitrogens with zero attached hydrogens (tertiary/aromatic N) is 4. The third-order valence-corrected chi connectivity index (χ3v) is 4.85.